The van der Waals surface area contributed by atoms with Crippen molar-refractivity contribution < 1.29 is 14.3 Å². The third-order valence-corrected chi connectivity index (χ3v) is 3.81. The number of imidazole rings is 1. The molecule has 5 heteroatoms. The lowest BCUT2D eigenvalue weighted by Gasteiger charge is -2.22. The second kappa shape index (κ2) is 4.74. The maximum absolute atomic E-state index is 14.0. The van der Waals surface area contributed by atoms with E-state index in [0.717, 1.165) is 12.8 Å². The van der Waals surface area contributed by atoms with Crippen molar-refractivity contribution in [3.8, 4) is 11.4 Å². The van der Waals surface area contributed by atoms with Crippen molar-refractivity contribution in [3.05, 3.63) is 41.5 Å². The first-order valence-electron chi connectivity index (χ1n) is 6.68. The summed E-state index contributed by atoms with van der Waals surface area (Å²) in [5.41, 5.74) is 1.12. The molecule has 1 aliphatic rings. The Morgan fingerprint density at radius 2 is 2.20 bits per heavy atom. The molecule has 0 aliphatic carbocycles. The van der Waals surface area contributed by atoms with Gasteiger partial charge in [-0.3, -0.25) is 0 Å². The van der Waals surface area contributed by atoms with Gasteiger partial charge in [0.05, 0.1) is 11.3 Å². The molecule has 1 atom stereocenters. The molecule has 0 saturated carbocycles. The minimum Gasteiger partial charge on any atom is -0.476 e. The van der Waals surface area contributed by atoms with Gasteiger partial charge in [0.1, 0.15) is 11.6 Å². The molecule has 1 aliphatic heterocycles. The van der Waals surface area contributed by atoms with E-state index >= 15 is 0 Å². The predicted molar refractivity (Wildman–Crippen MR) is 72.2 cm³/mol. The average molecular weight is 274 g/mol. The number of nitrogens with zero attached hydrogens (tertiary/aromatic N) is 2. The number of carboxylic acid groups (broad SMARTS) is 1. The Hall–Kier alpha value is -2.17. The summed E-state index contributed by atoms with van der Waals surface area (Å²) >= 11 is 0. The van der Waals surface area contributed by atoms with Gasteiger partial charge in [0.25, 0.3) is 0 Å². The number of aromatic nitrogens is 2. The van der Waals surface area contributed by atoms with E-state index < -0.39 is 5.97 Å². The molecular formula is C15H15FN2O2. The fraction of sp³-hybridized carbons (Fsp3) is 0.333. The molecule has 1 N–H and O–H groups in total. The lowest BCUT2D eigenvalue weighted by atomic mass is 9.96. The fourth-order valence-corrected chi connectivity index (χ4v) is 2.89. The number of rotatable bonds is 2. The highest BCUT2D eigenvalue weighted by molar-refractivity contribution is 5.88. The Morgan fingerprint density at radius 3 is 2.90 bits per heavy atom. The standard InChI is InChI=1S/C15H15FN2O2/c1-9-5-4-8-18-13(9)12(15(19)20)17-14(18)10-6-2-3-7-11(10)16/h2-3,6-7,9H,4-5,8H2,1H3,(H,19,20). The molecule has 0 saturated heterocycles. The van der Waals surface area contributed by atoms with Crippen LogP contribution >= 0.6 is 0 Å². The monoisotopic (exact) mass is 274 g/mol. The Labute approximate surface area is 115 Å². The van der Waals surface area contributed by atoms with Gasteiger partial charge in [-0.25, -0.2) is 14.2 Å². The van der Waals surface area contributed by atoms with Crippen LogP contribution in [0.2, 0.25) is 0 Å². The van der Waals surface area contributed by atoms with Gasteiger partial charge < -0.3 is 9.67 Å². The predicted octanol–water partition coefficient (Wildman–Crippen LogP) is 3.28. The molecule has 1 unspecified atom stereocenters. The van der Waals surface area contributed by atoms with E-state index in [9.17, 15) is 14.3 Å². The zero-order valence-corrected chi connectivity index (χ0v) is 11.1. The van der Waals surface area contributed by atoms with Crippen molar-refractivity contribution in [2.24, 2.45) is 0 Å². The van der Waals surface area contributed by atoms with Gasteiger partial charge in [0.15, 0.2) is 5.69 Å². The van der Waals surface area contributed by atoms with Gasteiger partial charge in [-0.05, 0) is 30.9 Å². The number of carboxylic acids is 1. The van der Waals surface area contributed by atoms with E-state index in [-0.39, 0.29) is 17.4 Å². The van der Waals surface area contributed by atoms with Gasteiger partial charge in [0, 0.05) is 6.54 Å². The summed E-state index contributed by atoms with van der Waals surface area (Å²) in [6.07, 6.45) is 1.88. The first-order valence-corrected chi connectivity index (χ1v) is 6.68. The van der Waals surface area contributed by atoms with Crippen LogP contribution in [0.4, 0.5) is 4.39 Å². The van der Waals surface area contributed by atoms with Crippen LogP contribution in [0.25, 0.3) is 11.4 Å². The van der Waals surface area contributed by atoms with Gasteiger partial charge in [0.2, 0.25) is 0 Å². The van der Waals surface area contributed by atoms with Gasteiger partial charge in [-0.2, -0.15) is 0 Å². The smallest absolute Gasteiger partial charge is 0.356 e. The Kier molecular flexibility index (Phi) is 3.04. The summed E-state index contributed by atoms with van der Waals surface area (Å²) in [7, 11) is 0. The number of aromatic carboxylic acids is 1. The second-order valence-corrected chi connectivity index (χ2v) is 5.15. The number of hydrogen-bond acceptors (Lipinski definition) is 2. The summed E-state index contributed by atoms with van der Waals surface area (Å²) in [5.74, 6) is -0.884. The molecule has 0 spiro atoms. The maximum Gasteiger partial charge on any atom is 0.356 e. The van der Waals surface area contributed by atoms with Crippen LogP contribution < -0.4 is 0 Å². The largest absolute Gasteiger partial charge is 0.476 e. The molecule has 104 valence electrons. The highest BCUT2D eigenvalue weighted by atomic mass is 19.1. The zero-order chi connectivity index (χ0) is 14.3. The molecule has 0 fully saturated rings. The van der Waals surface area contributed by atoms with Crippen molar-refractivity contribution in [1.82, 2.24) is 9.55 Å². The zero-order valence-electron chi connectivity index (χ0n) is 11.1. The van der Waals surface area contributed by atoms with Crippen molar-refractivity contribution >= 4 is 5.97 Å². The summed E-state index contributed by atoms with van der Waals surface area (Å²) in [6, 6.07) is 6.34. The quantitative estimate of drug-likeness (QED) is 0.914. The Bertz CT molecular complexity index is 679. The molecule has 0 bridgehead atoms. The average Bonchev–Trinajstić information content (AvgIpc) is 2.80. The maximum atomic E-state index is 14.0. The number of benzene rings is 1. The molecule has 2 heterocycles. The minimum atomic E-state index is -1.05. The van der Waals surface area contributed by atoms with Crippen LogP contribution in [0.1, 0.15) is 41.9 Å². The van der Waals surface area contributed by atoms with Crippen LogP contribution in [-0.2, 0) is 6.54 Å². The minimum absolute atomic E-state index is 0.0513. The van der Waals surface area contributed by atoms with Gasteiger partial charge in [-0.1, -0.05) is 19.1 Å². The van der Waals surface area contributed by atoms with Crippen LogP contribution in [0, 0.1) is 5.82 Å². The molecule has 2 aromatic rings. The van der Waals surface area contributed by atoms with Crippen LogP contribution in [-0.4, -0.2) is 20.6 Å². The first kappa shape index (κ1) is 12.8. The van der Waals surface area contributed by atoms with Crippen LogP contribution in [0.3, 0.4) is 0 Å². The first-order chi connectivity index (χ1) is 9.59. The Balaban J connectivity index is 2.25. The number of hydrogen-bond donors (Lipinski definition) is 1. The topological polar surface area (TPSA) is 55.1 Å². The van der Waals surface area contributed by atoms with E-state index in [1.165, 1.54) is 6.07 Å². The fourth-order valence-electron chi connectivity index (χ4n) is 2.89. The van der Waals surface area contributed by atoms with Crippen LogP contribution in [0.15, 0.2) is 24.3 Å². The summed E-state index contributed by atoms with van der Waals surface area (Å²) < 4.78 is 15.8. The van der Waals surface area contributed by atoms with E-state index in [1.54, 1.807) is 18.2 Å². The molecule has 4 nitrogen and oxygen atoms in total. The molecular weight excluding hydrogens is 259 g/mol. The SMILES string of the molecule is CC1CCCn2c(-c3ccccc3F)nc(C(=O)O)c21. The molecule has 0 radical (unpaired) electrons. The lowest BCUT2D eigenvalue weighted by molar-refractivity contribution is 0.0688. The van der Waals surface area contributed by atoms with Crippen molar-refractivity contribution in [2.75, 3.05) is 0 Å². The molecule has 20 heavy (non-hydrogen) atoms. The summed E-state index contributed by atoms with van der Waals surface area (Å²) in [5, 5.41) is 9.32. The van der Waals surface area contributed by atoms with Gasteiger partial charge in [-0.15, -0.1) is 0 Å². The second-order valence-electron chi connectivity index (χ2n) is 5.15. The molecule has 1 aromatic heterocycles. The van der Waals surface area contributed by atoms with E-state index in [4.69, 9.17) is 0 Å². The number of halogens is 1. The molecule has 1 aromatic carbocycles. The van der Waals surface area contributed by atoms with Crippen molar-refractivity contribution in [2.45, 2.75) is 32.2 Å². The van der Waals surface area contributed by atoms with E-state index in [0.29, 0.717) is 23.6 Å². The summed E-state index contributed by atoms with van der Waals surface area (Å²) in [6.45, 7) is 2.67. The molecule has 3 rings (SSSR count). The third kappa shape index (κ3) is 1.90. The van der Waals surface area contributed by atoms with Crippen molar-refractivity contribution in [1.29, 1.82) is 0 Å². The third-order valence-electron chi connectivity index (χ3n) is 3.81. The van der Waals surface area contributed by atoms with Crippen LogP contribution in [0.5, 0.6) is 0 Å². The van der Waals surface area contributed by atoms with Crippen molar-refractivity contribution in [3.63, 3.8) is 0 Å². The normalized spacial score (nSPS) is 17.8. The van der Waals surface area contributed by atoms with E-state index in [1.807, 2.05) is 11.5 Å². The number of fused-ring (bicyclic) bond motifs is 1. The lowest BCUT2D eigenvalue weighted by Crippen LogP contribution is -2.16. The summed E-state index contributed by atoms with van der Waals surface area (Å²) in [4.78, 5) is 15.6. The highest BCUT2D eigenvalue weighted by Crippen LogP contribution is 2.34. The Morgan fingerprint density at radius 1 is 1.45 bits per heavy atom. The molecule has 0 amide bonds. The van der Waals surface area contributed by atoms with Gasteiger partial charge >= 0.3 is 5.97 Å². The van der Waals surface area contributed by atoms with E-state index in [2.05, 4.69) is 4.98 Å². The number of carbonyl (C=O) groups is 1. The highest BCUT2D eigenvalue weighted by Gasteiger charge is 2.29.